The summed E-state index contributed by atoms with van der Waals surface area (Å²) in [4.78, 5) is 11.5. The lowest BCUT2D eigenvalue weighted by atomic mass is 10.2. The van der Waals surface area contributed by atoms with E-state index in [1.807, 2.05) is 26.0 Å². The van der Waals surface area contributed by atoms with E-state index >= 15 is 0 Å². The van der Waals surface area contributed by atoms with Gasteiger partial charge in [0.15, 0.2) is 6.29 Å². The van der Waals surface area contributed by atoms with Crippen molar-refractivity contribution >= 4 is 11.7 Å². The predicted octanol–water partition coefficient (Wildman–Crippen LogP) is 3.06. The molecule has 5 heteroatoms. The fourth-order valence-electron chi connectivity index (χ4n) is 1.86. The van der Waals surface area contributed by atoms with Crippen molar-refractivity contribution in [3.63, 3.8) is 0 Å². The summed E-state index contributed by atoms with van der Waals surface area (Å²) in [5.41, 5.74) is 1.51. The minimum Gasteiger partial charge on any atom is -0.462 e. The second-order valence-corrected chi connectivity index (χ2v) is 4.35. The van der Waals surface area contributed by atoms with Gasteiger partial charge in [0.05, 0.1) is 12.2 Å². The third-order valence-electron chi connectivity index (χ3n) is 2.81. The Bertz CT molecular complexity index is 399. The zero-order chi connectivity index (χ0) is 15.5. The minimum atomic E-state index is -0.295. The molecule has 0 aliphatic heterocycles. The first-order valence-electron chi connectivity index (χ1n) is 7.45. The molecule has 118 valence electrons. The number of rotatable bonds is 10. The molecule has 0 atom stereocenters. The van der Waals surface area contributed by atoms with Crippen molar-refractivity contribution in [1.82, 2.24) is 0 Å². The molecule has 1 aromatic rings. The number of benzene rings is 1. The molecule has 5 nitrogen and oxygen atoms in total. The molecule has 0 bridgehead atoms. The lowest BCUT2D eigenvalue weighted by Crippen LogP contribution is -2.21. The van der Waals surface area contributed by atoms with Gasteiger partial charge in [-0.15, -0.1) is 0 Å². The van der Waals surface area contributed by atoms with Crippen molar-refractivity contribution in [2.45, 2.75) is 33.5 Å². The van der Waals surface area contributed by atoms with Crippen LogP contribution in [0.2, 0.25) is 0 Å². The summed E-state index contributed by atoms with van der Waals surface area (Å²) in [5.74, 6) is -0.295. The van der Waals surface area contributed by atoms with Crippen molar-refractivity contribution in [3.8, 4) is 0 Å². The zero-order valence-corrected chi connectivity index (χ0v) is 13.1. The van der Waals surface area contributed by atoms with Gasteiger partial charge in [0.2, 0.25) is 0 Å². The highest BCUT2D eigenvalue weighted by atomic mass is 16.7. The number of hydrogen-bond acceptors (Lipinski definition) is 5. The van der Waals surface area contributed by atoms with E-state index in [0.29, 0.717) is 25.4 Å². The third kappa shape index (κ3) is 6.60. The van der Waals surface area contributed by atoms with Crippen LogP contribution in [0.3, 0.4) is 0 Å². The molecule has 0 radical (unpaired) electrons. The van der Waals surface area contributed by atoms with E-state index < -0.39 is 0 Å². The fourth-order valence-corrected chi connectivity index (χ4v) is 1.86. The molecule has 0 aliphatic rings. The maximum atomic E-state index is 11.5. The van der Waals surface area contributed by atoms with Gasteiger partial charge in [-0.2, -0.15) is 0 Å². The van der Waals surface area contributed by atoms with Crippen LogP contribution in [0.5, 0.6) is 0 Å². The fraction of sp³-hybridized carbons (Fsp3) is 0.562. The lowest BCUT2D eigenvalue weighted by molar-refractivity contribution is -0.137. The number of carbonyl (C=O) groups excluding carboxylic acids is 1. The number of nitrogens with one attached hydrogen (secondary N) is 1. The standard InChI is InChI=1S/C16H25NO4/c1-4-19-15(20-5-2)11-12-17-14-9-7-13(8-10-14)16(18)21-6-3/h7-10,15,17H,4-6,11-12H2,1-3H3. The molecule has 0 amide bonds. The first-order chi connectivity index (χ1) is 10.2. The van der Waals surface area contributed by atoms with Gasteiger partial charge in [-0.25, -0.2) is 4.79 Å². The van der Waals surface area contributed by atoms with Crippen molar-refractivity contribution in [1.29, 1.82) is 0 Å². The first-order valence-corrected chi connectivity index (χ1v) is 7.45. The van der Waals surface area contributed by atoms with Crippen LogP contribution in [0, 0.1) is 0 Å². The lowest BCUT2D eigenvalue weighted by Gasteiger charge is -2.17. The molecule has 0 saturated heterocycles. The van der Waals surface area contributed by atoms with Gasteiger partial charge in [0.1, 0.15) is 0 Å². The van der Waals surface area contributed by atoms with Gasteiger partial charge in [-0.1, -0.05) is 0 Å². The largest absolute Gasteiger partial charge is 0.462 e. The van der Waals surface area contributed by atoms with Gasteiger partial charge in [-0.3, -0.25) is 0 Å². The highest BCUT2D eigenvalue weighted by Crippen LogP contribution is 2.11. The molecule has 0 aliphatic carbocycles. The number of anilines is 1. The summed E-state index contributed by atoms with van der Waals surface area (Å²) < 4.78 is 15.9. The summed E-state index contributed by atoms with van der Waals surface area (Å²) in [6, 6.07) is 7.23. The smallest absolute Gasteiger partial charge is 0.338 e. The first kappa shape index (κ1) is 17.5. The van der Waals surface area contributed by atoms with Crippen molar-refractivity contribution in [2.24, 2.45) is 0 Å². The summed E-state index contributed by atoms with van der Waals surface area (Å²) in [5, 5.41) is 3.28. The van der Waals surface area contributed by atoms with Crippen LogP contribution in [0.15, 0.2) is 24.3 Å². The monoisotopic (exact) mass is 295 g/mol. The third-order valence-corrected chi connectivity index (χ3v) is 2.81. The number of esters is 1. The quantitative estimate of drug-likeness (QED) is 0.531. The van der Waals surface area contributed by atoms with Crippen LogP contribution in [0.4, 0.5) is 5.69 Å². The van der Waals surface area contributed by atoms with E-state index in [0.717, 1.165) is 18.7 Å². The molecule has 0 fully saturated rings. The molecular weight excluding hydrogens is 270 g/mol. The molecule has 1 aromatic carbocycles. The Morgan fingerprint density at radius 1 is 1.05 bits per heavy atom. The van der Waals surface area contributed by atoms with Crippen LogP contribution < -0.4 is 5.32 Å². The molecule has 21 heavy (non-hydrogen) atoms. The van der Waals surface area contributed by atoms with E-state index in [2.05, 4.69) is 5.32 Å². The predicted molar refractivity (Wildman–Crippen MR) is 82.5 cm³/mol. The van der Waals surface area contributed by atoms with Gasteiger partial charge in [-0.05, 0) is 45.0 Å². The second kappa shape index (κ2) is 10.2. The Morgan fingerprint density at radius 2 is 1.67 bits per heavy atom. The Hall–Kier alpha value is -1.59. The molecule has 0 saturated carbocycles. The van der Waals surface area contributed by atoms with Crippen LogP contribution in [0.25, 0.3) is 0 Å². The summed E-state index contributed by atoms with van der Waals surface area (Å²) in [6.07, 6.45) is 0.590. The van der Waals surface area contributed by atoms with Crippen LogP contribution in [0.1, 0.15) is 37.6 Å². The average molecular weight is 295 g/mol. The van der Waals surface area contributed by atoms with E-state index in [1.165, 1.54) is 0 Å². The highest BCUT2D eigenvalue weighted by molar-refractivity contribution is 5.89. The van der Waals surface area contributed by atoms with Crippen LogP contribution in [-0.2, 0) is 14.2 Å². The van der Waals surface area contributed by atoms with E-state index in [4.69, 9.17) is 14.2 Å². The Kier molecular flexibility index (Phi) is 8.47. The Labute approximate surface area is 126 Å². The summed E-state index contributed by atoms with van der Waals surface area (Å²) in [7, 11) is 0. The minimum absolute atomic E-state index is 0.175. The molecule has 1 rings (SSSR count). The van der Waals surface area contributed by atoms with Crippen LogP contribution >= 0.6 is 0 Å². The average Bonchev–Trinajstić information content (AvgIpc) is 2.48. The summed E-state index contributed by atoms with van der Waals surface area (Å²) in [6.45, 7) is 8.10. The number of ether oxygens (including phenoxy) is 3. The molecule has 0 aromatic heterocycles. The SMILES string of the molecule is CCOC(=O)c1ccc(NCCC(OCC)OCC)cc1. The molecule has 0 spiro atoms. The maximum Gasteiger partial charge on any atom is 0.338 e. The van der Waals surface area contributed by atoms with Crippen molar-refractivity contribution in [3.05, 3.63) is 29.8 Å². The number of hydrogen-bond donors (Lipinski definition) is 1. The van der Waals surface area contributed by atoms with Gasteiger partial charge in [0, 0.05) is 31.9 Å². The normalized spacial score (nSPS) is 10.7. The van der Waals surface area contributed by atoms with Gasteiger partial charge in [0.25, 0.3) is 0 Å². The maximum absolute atomic E-state index is 11.5. The van der Waals surface area contributed by atoms with Gasteiger partial charge < -0.3 is 19.5 Å². The van der Waals surface area contributed by atoms with Crippen LogP contribution in [-0.4, -0.2) is 38.6 Å². The van der Waals surface area contributed by atoms with Crippen molar-refractivity contribution in [2.75, 3.05) is 31.7 Å². The van der Waals surface area contributed by atoms with E-state index in [-0.39, 0.29) is 12.3 Å². The zero-order valence-electron chi connectivity index (χ0n) is 13.1. The molecule has 1 N–H and O–H groups in total. The molecular formula is C16H25NO4. The molecule has 0 heterocycles. The Balaban J connectivity index is 2.40. The van der Waals surface area contributed by atoms with E-state index in [1.54, 1.807) is 19.1 Å². The second-order valence-electron chi connectivity index (χ2n) is 4.35. The van der Waals surface area contributed by atoms with Crippen molar-refractivity contribution < 1.29 is 19.0 Å². The van der Waals surface area contributed by atoms with E-state index in [9.17, 15) is 4.79 Å². The number of carbonyl (C=O) groups is 1. The molecule has 0 unspecified atom stereocenters. The van der Waals surface area contributed by atoms with Gasteiger partial charge >= 0.3 is 5.97 Å². The Morgan fingerprint density at radius 3 is 2.19 bits per heavy atom. The highest BCUT2D eigenvalue weighted by Gasteiger charge is 2.08. The summed E-state index contributed by atoms with van der Waals surface area (Å²) >= 11 is 0. The topological polar surface area (TPSA) is 56.8 Å².